The average Bonchev–Trinajstić information content (AvgIpc) is 2.67. The summed E-state index contributed by atoms with van der Waals surface area (Å²) in [7, 11) is 0. The first kappa shape index (κ1) is 10.7. The lowest BCUT2D eigenvalue weighted by Gasteiger charge is -2.11. The highest BCUT2D eigenvalue weighted by atomic mass is 15.1. The second-order valence-electron chi connectivity index (χ2n) is 4.61. The molecule has 0 bridgehead atoms. The van der Waals surface area contributed by atoms with Crippen LogP contribution in [0.3, 0.4) is 0 Å². The molecule has 0 saturated carbocycles. The van der Waals surface area contributed by atoms with Gasteiger partial charge in [0.25, 0.3) is 0 Å². The molecule has 2 nitrogen and oxygen atoms in total. The van der Waals surface area contributed by atoms with Crippen molar-refractivity contribution >= 4 is 0 Å². The van der Waals surface area contributed by atoms with Crippen LogP contribution in [0.25, 0.3) is 0 Å². The number of hydrogen-bond acceptors (Lipinski definition) is 1. The van der Waals surface area contributed by atoms with Crippen molar-refractivity contribution in [2.24, 2.45) is 0 Å². The van der Waals surface area contributed by atoms with Crippen LogP contribution in [0, 0.1) is 0 Å². The number of aryl methyl sites for hydroxylation is 3. The summed E-state index contributed by atoms with van der Waals surface area (Å²) in [6.07, 6.45) is 12.7. The fourth-order valence-electron chi connectivity index (χ4n) is 2.32. The first-order valence-electron chi connectivity index (χ1n) is 6.45. The van der Waals surface area contributed by atoms with E-state index in [2.05, 4.69) is 17.7 Å². The molecule has 0 fully saturated rings. The summed E-state index contributed by atoms with van der Waals surface area (Å²) in [4.78, 5) is 4.71. The molecule has 0 N–H and O–H groups in total. The zero-order chi connectivity index (χ0) is 10.5. The molecule has 0 radical (unpaired) electrons. The zero-order valence-electron chi connectivity index (χ0n) is 9.84. The van der Waals surface area contributed by atoms with Gasteiger partial charge in [0.2, 0.25) is 0 Å². The zero-order valence-corrected chi connectivity index (χ0v) is 9.84. The first-order chi connectivity index (χ1) is 7.40. The molecule has 2 heterocycles. The second kappa shape index (κ2) is 5.34. The van der Waals surface area contributed by atoms with Crippen LogP contribution in [0.15, 0.2) is 6.20 Å². The van der Waals surface area contributed by atoms with Gasteiger partial charge in [0.15, 0.2) is 0 Å². The Labute approximate surface area is 92.7 Å². The van der Waals surface area contributed by atoms with Crippen LogP contribution < -0.4 is 0 Å². The van der Waals surface area contributed by atoms with Gasteiger partial charge in [-0.2, -0.15) is 0 Å². The molecular formula is C13H22N2. The van der Waals surface area contributed by atoms with E-state index in [1.165, 1.54) is 69.4 Å². The van der Waals surface area contributed by atoms with E-state index in [-0.39, 0.29) is 0 Å². The number of rotatable bonds is 5. The van der Waals surface area contributed by atoms with E-state index in [4.69, 9.17) is 4.98 Å². The number of hydrogen-bond donors (Lipinski definition) is 0. The van der Waals surface area contributed by atoms with E-state index in [1.807, 2.05) is 0 Å². The molecule has 1 aromatic heterocycles. The van der Waals surface area contributed by atoms with Gasteiger partial charge < -0.3 is 4.57 Å². The summed E-state index contributed by atoms with van der Waals surface area (Å²) >= 11 is 0. The molecule has 0 spiro atoms. The number of fused-ring (bicyclic) bond motifs is 1. The number of unbranched alkanes of at least 4 members (excludes halogenated alkanes) is 3. The Hall–Kier alpha value is -0.790. The molecule has 0 amide bonds. The van der Waals surface area contributed by atoms with Crippen molar-refractivity contribution in [3.05, 3.63) is 17.7 Å². The highest BCUT2D eigenvalue weighted by Crippen LogP contribution is 2.16. The van der Waals surface area contributed by atoms with Crippen molar-refractivity contribution in [2.75, 3.05) is 0 Å². The SMILES string of the molecule is CCCCCCc1cn2c(n1)CCCC2. The Bertz CT molecular complexity index is 278. The summed E-state index contributed by atoms with van der Waals surface area (Å²) in [6.45, 7) is 3.45. The number of nitrogens with zero attached hydrogens (tertiary/aromatic N) is 2. The van der Waals surface area contributed by atoms with Crippen molar-refractivity contribution < 1.29 is 0 Å². The van der Waals surface area contributed by atoms with Gasteiger partial charge in [-0.05, 0) is 25.7 Å². The molecule has 0 saturated heterocycles. The first-order valence-corrected chi connectivity index (χ1v) is 6.45. The largest absolute Gasteiger partial charge is 0.335 e. The van der Waals surface area contributed by atoms with E-state index in [0.717, 1.165) is 0 Å². The smallest absolute Gasteiger partial charge is 0.108 e. The summed E-state index contributed by atoms with van der Waals surface area (Å²) in [6, 6.07) is 0. The van der Waals surface area contributed by atoms with E-state index in [0.29, 0.717) is 0 Å². The van der Waals surface area contributed by atoms with Crippen molar-refractivity contribution in [3.8, 4) is 0 Å². The van der Waals surface area contributed by atoms with Crippen LogP contribution >= 0.6 is 0 Å². The van der Waals surface area contributed by atoms with Gasteiger partial charge >= 0.3 is 0 Å². The molecule has 1 aliphatic rings. The predicted molar refractivity (Wildman–Crippen MR) is 63.0 cm³/mol. The Morgan fingerprint density at radius 2 is 2.20 bits per heavy atom. The van der Waals surface area contributed by atoms with E-state index in [1.54, 1.807) is 0 Å². The third-order valence-electron chi connectivity index (χ3n) is 3.24. The predicted octanol–water partition coefficient (Wildman–Crippen LogP) is 3.34. The molecule has 0 atom stereocenters. The fourth-order valence-corrected chi connectivity index (χ4v) is 2.32. The van der Waals surface area contributed by atoms with Gasteiger partial charge in [-0.15, -0.1) is 0 Å². The minimum atomic E-state index is 1.18. The fraction of sp³-hybridized carbons (Fsp3) is 0.769. The minimum Gasteiger partial charge on any atom is -0.335 e. The highest BCUT2D eigenvalue weighted by molar-refractivity contribution is 5.06. The van der Waals surface area contributed by atoms with Crippen LogP contribution in [-0.2, 0) is 19.4 Å². The van der Waals surface area contributed by atoms with Gasteiger partial charge in [0, 0.05) is 19.2 Å². The average molecular weight is 206 g/mol. The van der Waals surface area contributed by atoms with Crippen molar-refractivity contribution in [3.63, 3.8) is 0 Å². The Morgan fingerprint density at radius 3 is 3.00 bits per heavy atom. The third-order valence-corrected chi connectivity index (χ3v) is 3.24. The maximum absolute atomic E-state index is 4.71. The molecule has 15 heavy (non-hydrogen) atoms. The van der Waals surface area contributed by atoms with Gasteiger partial charge in [0.05, 0.1) is 5.69 Å². The summed E-state index contributed by atoms with van der Waals surface area (Å²) in [5.74, 6) is 1.33. The Balaban J connectivity index is 1.84. The lowest BCUT2D eigenvalue weighted by Crippen LogP contribution is -2.08. The second-order valence-corrected chi connectivity index (χ2v) is 4.61. The van der Waals surface area contributed by atoms with E-state index in [9.17, 15) is 0 Å². The lowest BCUT2D eigenvalue weighted by molar-refractivity contribution is 0.522. The van der Waals surface area contributed by atoms with Crippen LogP contribution in [0.4, 0.5) is 0 Å². The van der Waals surface area contributed by atoms with Gasteiger partial charge in [-0.25, -0.2) is 4.98 Å². The quantitative estimate of drug-likeness (QED) is 0.676. The molecule has 0 aliphatic carbocycles. The normalized spacial score (nSPS) is 15.3. The van der Waals surface area contributed by atoms with Gasteiger partial charge in [-0.3, -0.25) is 0 Å². The maximum atomic E-state index is 4.71. The summed E-state index contributed by atoms with van der Waals surface area (Å²) in [5.41, 5.74) is 1.32. The van der Waals surface area contributed by atoms with Crippen LogP contribution in [-0.4, -0.2) is 9.55 Å². The van der Waals surface area contributed by atoms with Crippen LogP contribution in [0.1, 0.15) is 57.0 Å². The summed E-state index contributed by atoms with van der Waals surface area (Å²) in [5, 5.41) is 0. The number of aromatic nitrogens is 2. The molecule has 0 unspecified atom stereocenters. The van der Waals surface area contributed by atoms with Gasteiger partial charge in [-0.1, -0.05) is 26.2 Å². The third kappa shape index (κ3) is 2.83. The molecule has 2 rings (SSSR count). The molecule has 1 aliphatic heterocycles. The monoisotopic (exact) mass is 206 g/mol. The Morgan fingerprint density at radius 1 is 1.27 bits per heavy atom. The molecule has 84 valence electrons. The topological polar surface area (TPSA) is 17.8 Å². The summed E-state index contributed by atoms with van der Waals surface area (Å²) < 4.78 is 2.36. The molecule has 0 aromatic carbocycles. The minimum absolute atomic E-state index is 1.18. The van der Waals surface area contributed by atoms with Crippen molar-refractivity contribution in [2.45, 2.75) is 64.8 Å². The molecular weight excluding hydrogens is 184 g/mol. The molecule has 2 heteroatoms. The van der Waals surface area contributed by atoms with Crippen molar-refractivity contribution in [1.82, 2.24) is 9.55 Å². The van der Waals surface area contributed by atoms with Crippen LogP contribution in [0.2, 0.25) is 0 Å². The maximum Gasteiger partial charge on any atom is 0.108 e. The van der Waals surface area contributed by atoms with E-state index < -0.39 is 0 Å². The highest BCUT2D eigenvalue weighted by Gasteiger charge is 2.11. The Kier molecular flexibility index (Phi) is 3.81. The number of imidazole rings is 1. The van der Waals surface area contributed by atoms with Gasteiger partial charge in [0.1, 0.15) is 5.82 Å². The lowest BCUT2D eigenvalue weighted by atomic mass is 10.1. The van der Waals surface area contributed by atoms with Crippen LogP contribution in [0.5, 0.6) is 0 Å². The standard InChI is InChI=1S/C13H22N2/c1-2-3-4-5-8-12-11-15-10-7-6-9-13(15)14-12/h11H,2-10H2,1H3. The molecule has 1 aromatic rings. The van der Waals surface area contributed by atoms with E-state index >= 15 is 0 Å². The van der Waals surface area contributed by atoms with Crippen molar-refractivity contribution in [1.29, 1.82) is 0 Å².